The van der Waals surface area contributed by atoms with Gasteiger partial charge in [0, 0.05) is 12.1 Å². The molecular weight excluding hydrogens is 246 g/mol. The number of nitrogens with two attached hydrogens (primary N) is 1. The van der Waals surface area contributed by atoms with Crippen LogP contribution in [0.25, 0.3) is 0 Å². The van der Waals surface area contributed by atoms with Crippen LogP contribution in [0.5, 0.6) is 0 Å². The molecule has 7 heteroatoms. The van der Waals surface area contributed by atoms with E-state index in [1.165, 1.54) is 6.07 Å². The molecule has 0 spiro atoms. The average molecular weight is 260 g/mol. The van der Waals surface area contributed by atoms with Gasteiger partial charge in [0.25, 0.3) is 0 Å². The van der Waals surface area contributed by atoms with Crippen LogP contribution >= 0.6 is 0 Å². The second kappa shape index (κ2) is 7.46. The fourth-order valence-corrected chi connectivity index (χ4v) is 1.19. The third kappa shape index (κ3) is 6.02. The highest BCUT2D eigenvalue weighted by atomic mass is 19.3. The second-order valence-corrected chi connectivity index (χ2v) is 3.27. The number of aliphatic carboxylic acids is 1. The number of nitrogens with one attached hydrogen (secondary N) is 1. The topological polar surface area (TPSA) is 92.4 Å². The first kappa shape index (κ1) is 16.1. The minimum absolute atomic E-state index is 0.121. The zero-order valence-corrected chi connectivity index (χ0v) is 9.69. The SMILES string of the molecule is CNCc1ccccc1C(N)(F)F.O=CC(=O)O. The Morgan fingerprint density at radius 3 is 2.39 bits per heavy atom. The lowest BCUT2D eigenvalue weighted by atomic mass is 10.1. The first-order valence-corrected chi connectivity index (χ1v) is 4.90. The Balaban J connectivity index is 0.000000494. The van der Waals surface area contributed by atoms with E-state index in [0.29, 0.717) is 12.1 Å². The summed E-state index contributed by atoms with van der Waals surface area (Å²) >= 11 is 0. The van der Waals surface area contributed by atoms with Crippen LogP contribution in [0.3, 0.4) is 0 Å². The Hall–Kier alpha value is -1.86. The molecule has 0 radical (unpaired) electrons. The van der Waals surface area contributed by atoms with Crippen molar-refractivity contribution in [2.24, 2.45) is 5.73 Å². The second-order valence-electron chi connectivity index (χ2n) is 3.27. The maximum Gasteiger partial charge on any atom is 0.368 e. The Kier molecular flexibility index (Phi) is 6.69. The summed E-state index contributed by atoms with van der Waals surface area (Å²) in [6.45, 7) is 0.392. The molecule has 0 aliphatic carbocycles. The van der Waals surface area contributed by atoms with Crippen LogP contribution in [0.15, 0.2) is 24.3 Å². The molecule has 0 atom stereocenters. The highest BCUT2D eigenvalue weighted by molar-refractivity contribution is 6.19. The van der Waals surface area contributed by atoms with Gasteiger partial charge in [-0.15, -0.1) is 0 Å². The summed E-state index contributed by atoms with van der Waals surface area (Å²) in [5, 5.41) is 10.2. The molecule has 0 aliphatic heterocycles. The van der Waals surface area contributed by atoms with Gasteiger partial charge in [0.05, 0.1) is 0 Å². The summed E-state index contributed by atoms with van der Waals surface area (Å²) in [6, 6.07) is 2.98. The smallest absolute Gasteiger partial charge is 0.368 e. The fourth-order valence-electron chi connectivity index (χ4n) is 1.19. The van der Waals surface area contributed by atoms with Crippen molar-refractivity contribution in [1.82, 2.24) is 5.32 Å². The van der Waals surface area contributed by atoms with Gasteiger partial charge in [-0.05, 0) is 12.6 Å². The molecule has 1 aromatic carbocycles. The maximum absolute atomic E-state index is 12.8. The van der Waals surface area contributed by atoms with E-state index in [2.05, 4.69) is 5.32 Å². The van der Waals surface area contributed by atoms with Crippen molar-refractivity contribution in [2.45, 2.75) is 12.6 Å². The van der Waals surface area contributed by atoms with Gasteiger partial charge >= 0.3 is 12.0 Å². The number of hydrogen-bond donors (Lipinski definition) is 3. The highest BCUT2D eigenvalue weighted by Gasteiger charge is 2.27. The molecule has 5 nitrogen and oxygen atoms in total. The first-order chi connectivity index (χ1) is 8.32. The number of carboxylic acids is 1. The minimum Gasteiger partial charge on any atom is -0.476 e. The van der Waals surface area contributed by atoms with Crippen molar-refractivity contribution in [3.63, 3.8) is 0 Å². The monoisotopic (exact) mass is 260 g/mol. The van der Waals surface area contributed by atoms with E-state index < -0.39 is 12.0 Å². The summed E-state index contributed by atoms with van der Waals surface area (Å²) in [7, 11) is 1.70. The molecule has 1 aromatic rings. The Morgan fingerprint density at radius 2 is 2.00 bits per heavy atom. The molecule has 0 amide bonds. The van der Waals surface area contributed by atoms with Crippen molar-refractivity contribution in [2.75, 3.05) is 7.05 Å². The van der Waals surface area contributed by atoms with Gasteiger partial charge in [-0.3, -0.25) is 10.5 Å². The van der Waals surface area contributed by atoms with E-state index in [9.17, 15) is 8.78 Å². The molecule has 0 aromatic heterocycles. The summed E-state index contributed by atoms with van der Waals surface area (Å²) in [5.41, 5.74) is 5.13. The molecule has 100 valence electrons. The summed E-state index contributed by atoms with van der Waals surface area (Å²) < 4.78 is 25.6. The van der Waals surface area contributed by atoms with Gasteiger partial charge in [-0.2, -0.15) is 8.78 Å². The molecule has 0 bridgehead atoms. The van der Waals surface area contributed by atoms with Gasteiger partial charge in [0.2, 0.25) is 6.29 Å². The number of rotatable bonds is 4. The lowest BCUT2D eigenvalue weighted by Crippen LogP contribution is -2.27. The summed E-state index contributed by atoms with van der Waals surface area (Å²) in [6.07, 6.45) is -0.167. The standard InChI is InChI=1S/C9H12F2N2.C2H2O3/c1-13-6-7-4-2-3-5-8(7)9(10,11)12;3-1-2(4)5/h2-5,13H,6,12H2,1H3;1H,(H,4,5). The molecule has 0 fully saturated rings. The molecular formula is C11H14F2N2O3. The van der Waals surface area contributed by atoms with E-state index in [4.69, 9.17) is 20.4 Å². The maximum atomic E-state index is 12.8. The van der Waals surface area contributed by atoms with Crippen LogP contribution in [-0.2, 0) is 22.2 Å². The van der Waals surface area contributed by atoms with Crippen molar-refractivity contribution in [1.29, 1.82) is 0 Å². The van der Waals surface area contributed by atoms with Crippen molar-refractivity contribution >= 4 is 12.3 Å². The van der Waals surface area contributed by atoms with Crippen molar-refractivity contribution in [3.05, 3.63) is 35.4 Å². The summed E-state index contributed by atoms with van der Waals surface area (Å²) in [5.74, 6) is -1.43. The third-order valence-electron chi connectivity index (χ3n) is 1.84. The first-order valence-electron chi connectivity index (χ1n) is 4.90. The zero-order valence-electron chi connectivity index (χ0n) is 9.69. The number of alkyl halides is 2. The highest BCUT2D eigenvalue weighted by Crippen LogP contribution is 2.24. The zero-order chi connectivity index (χ0) is 14.2. The van der Waals surface area contributed by atoms with Gasteiger partial charge in [0.1, 0.15) is 0 Å². The molecule has 0 unspecified atom stereocenters. The van der Waals surface area contributed by atoms with Crippen LogP contribution in [-0.4, -0.2) is 24.4 Å². The molecule has 1 rings (SSSR count). The molecule has 0 heterocycles. The fraction of sp³-hybridized carbons (Fsp3) is 0.273. The van der Waals surface area contributed by atoms with E-state index >= 15 is 0 Å². The lowest BCUT2D eigenvalue weighted by Gasteiger charge is -2.14. The average Bonchev–Trinajstić information content (AvgIpc) is 2.29. The van der Waals surface area contributed by atoms with Crippen molar-refractivity contribution < 1.29 is 23.5 Å². The van der Waals surface area contributed by atoms with Gasteiger partial charge in [0.15, 0.2) is 0 Å². The molecule has 0 aliphatic rings. The number of aldehydes is 1. The third-order valence-corrected chi connectivity index (χ3v) is 1.84. The molecule has 0 saturated carbocycles. The van der Waals surface area contributed by atoms with Crippen LogP contribution in [0, 0.1) is 0 Å². The van der Waals surface area contributed by atoms with Gasteiger partial charge in [-0.1, -0.05) is 24.3 Å². The quantitative estimate of drug-likeness (QED) is 0.420. The Morgan fingerprint density at radius 1 is 1.50 bits per heavy atom. The lowest BCUT2D eigenvalue weighted by molar-refractivity contribution is -0.143. The summed E-state index contributed by atoms with van der Waals surface area (Å²) in [4.78, 5) is 17.9. The Labute approximate surface area is 103 Å². The largest absolute Gasteiger partial charge is 0.476 e. The number of carbonyl (C=O) groups is 2. The van der Waals surface area contributed by atoms with E-state index in [1.54, 1.807) is 25.2 Å². The van der Waals surface area contributed by atoms with Crippen LogP contribution < -0.4 is 11.1 Å². The number of carbonyl (C=O) groups excluding carboxylic acids is 1. The Bertz CT molecular complexity index is 406. The van der Waals surface area contributed by atoms with Gasteiger partial charge < -0.3 is 10.4 Å². The predicted octanol–water partition coefficient (Wildman–Crippen LogP) is 0.684. The number of carboxylic acid groups (broad SMARTS) is 1. The molecule has 0 saturated heterocycles. The number of hydrogen-bond acceptors (Lipinski definition) is 4. The van der Waals surface area contributed by atoms with Crippen LogP contribution in [0.2, 0.25) is 0 Å². The minimum atomic E-state index is -3.26. The number of benzene rings is 1. The van der Waals surface area contributed by atoms with E-state index in [0.717, 1.165) is 0 Å². The molecule has 18 heavy (non-hydrogen) atoms. The molecule has 4 N–H and O–H groups in total. The van der Waals surface area contributed by atoms with E-state index in [1.807, 2.05) is 0 Å². The van der Waals surface area contributed by atoms with E-state index in [-0.39, 0.29) is 11.8 Å². The van der Waals surface area contributed by atoms with Gasteiger partial charge in [-0.25, -0.2) is 4.79 Å². The normalized spacial score (nSPS) is 10.2. The van der Waals surface area contributed by atoms with Crippen LogP contribution in [0.4, 0.5) is 8.78 Å². The number of halogens is 2. The predicted molar refractivity (Wildman–Crippen MR) is 61.0 cm³/mol. The van der Waals surface area contributed by atoms with Crippen molar-refractivity contribution in [3.8, 4) is 0 Å². The van der Waals surface area contributed by atoms with Crippen LogP contribution in [0.1, 0.15) is 11.1 Å².